The highest BCUT2D eigenvalue weighted by molar-refractivity contribution is 7.48. The Morgan fingerprint density at radius 2 is 1.67 bits per heavy atom. The Kier molecular flexibility index (Phi) is 6.67. The Bertz CT molecular complexity index is 138. The summed E-state index contributed by atoms with van der Waals surface area (Å²) in [5.41, 5.74) is 0. The molecule has 73 valence electrons. The van der Waals surface area contributed by atoms with Gasteiger partial charge in [0.2, 0.25) is 0 Å². The fourth-order valence-electron chi connectivity index (χ4n) is 0.604. The molecule has 0 aromatic carbocycles. The summed E-state index contributed by atoms with van der Waals surface area (Å²) in [6, 6.07) is 0. The lowest BCUT2D eigenvalue weighted by Gasteiger charge is -2.15. The minimum atomic E-state index is -3.28. The molecule has 1 radical (unpaired) electrons. The van der Waals surface area contributed by atoms with Gasteiger partial charge in [-0.2, -0.15) is 0 Å². The van der Waals surface area contributed by atoms with Gasteiger partial charge in [-0.15, -0.1) is 0 Å². The molecule has 0 aromatic heterocycles. The topological polar surface area (TPSA) is 44.8 Å². The SMILES string of the molecule is [CH2]CCOP(=O)(OCC)OCC. The van der Waals surface area contributed by atoms with Crippen molar-refractivity contribution in [3.05, 3.63) is 6.92 Å². The molecule has 0 fully saturated rings. The van der Waals surface area contributed by atoms with E-state index in [0.717, 1.165) is 0 Å². The molecule has 0 atom stereocenters. The number of hydrogen-bond acceptors (Lipinski definition) is 4. The van der Waals surface area contributed by atoms with Gasteiger partial charge in [-0.25, -0.2) is 4.57 Å². The molecule has 0 N–H and O–H groups in total. The summed E-state index contributed by atoms with van der Waals surface area (Å²) in [7, 11) is -3.28. The average Bonchev–Trinajstić information content (AvgIpc) is 2.02. The second-order valence-corrected chi connectivity index (χ2v) is 3.64. The predicted molar refractivity (Wildman–Crippen MR) is 46.8 cm³/mol. The van der Waals surface area contributed by atoms with Crippen LogP contribution in [0.2, 0.25) is 0 Å². The highest BCUT2D eigenvalue weighted by Gasteiger charge is 2.24. The van der Waals surface area contributed by atoms with E-state index in [9.17, 15) is 4.57 Å². The Hall–Kier alpha value is 0.110. The Morgan fingerprint density at radius 1 is 1.17 bits per heavy atom. The molecular formula is C7H16O4P. The highest BCUT2D eigenvalue weighted by atomic mass is 31.2. The molecule has 0 unspecified atom stereocenters. The van der Waals surface area contributed by atoms with Crippen molar-refractivity contribution >= 4 is 7.82 Å². The summed E-state index contributed by atoms with van der Waals surface area (Å²) < 4.78 is 26.1. The van der Waals surface area contributed by atoms with E-state index < -0.39 is 7.82 Å². The van der Waals surface area contributed by atoms with Crippen LogP contribution in [0.4, 0.5) is 0 Å². The highest BCUT2D eigenvalue weighted by Crippen LogP contribution is 2.49. The van der Waals surface area contributed by atoms with Gasteiger partial charge in [0.15, 0.2) is 0 Å². The van der Waals surface area contributed by atoms with Gasteiger partial charge >= 0.3 is 7.82 Å². The minimum Gasteiger partial charge on any atom is -0.287 e. The van der Waals surface area contributed by atoms with Crippen LogP contribution in [0.25, 0.3) is 0 Å². The summed E-state index contributed by atoms with van der Waals surface area (Å²) in [5, 5.41) is 0. The molecule has 0 bridgehead atoms. The zero-order valence-electron chi connectivity index (χ0n) is 7.62. The number of phosphoric ester groups is 1. The smallest absolute Gasteiger partial charge is 0.287 e. The van der Waals surface area contributed by atoms with Crippen LogP contribution in [0.3, 0.4) is 0 Å². The van der Waals surface area contributed by atoms with Gasteiger partial charge in [-0.05, 0) is 20.3 Å². The van der Waals surface area contributed by atoms with Crippen molar-refractivity contribution in [3.8, 4) is 0 Å². The lowest BCUT2D eigenvalue weighted by atomic mass is 10.5. The van der Waals surface area contributed by atoms with Gasteiger partial charge in [0.1, 0.15) is 0 Å². The van der Waals surface area contributed by atoms with Crippen LogP contribution in [0.5, 0.6) is 0 Å². The number of rotatable bonds is 7. The molecule has 4 nitrogen and oxygen atoms in total. The first kappa shape index (κ1) is 12.1. The van der Waals surface area contributed by atoms with E-state index in [4.69, 9.17) is 13.6 Å². The molecule has 12 heavy (non-hydrogen) atoms. The van der Waals surface area contributed by atoms with E-state index in [-0.39, 0.29) is 6.61 Å². The Labute approximate surface area is 73.8 Å². The average molecular weight is 195 g/mol. The number of phosphoric acid groups is 1. The molecule has 5 heteroatoms. The molecule has 0 spiro atoms. The summed E-state index contributed by atoms with van der Waals surface area (Å²) in [4.78, 5) is 0. The van der Waals surface area contributed by atoms with Crippen molar-refractivity contribution in [3.63, 3.8) is 0 Å². The monoisotopic (exact) mass is 195 g/mol. The van der Waals surface area contributed by atoms with E-state index in [1.165, 1.54) is 0 Å². The zero-order valence-corrected chi connectivity index (χ0v) is 8.51. The van der Waals surface area contributed by atoms with Gasteiger partial charge in [-0.3, -0.25) is 13.6 Å². The van der Waals surface area contributed by atoms with Gasteiger partial charge in [-0.1, -0.05) is 6.92 Å². The molecule has 0 rings (SSSR count). The maximum absolute atomic E-state index is 11.5. The van der Waals surface area contributed by atoms with Crippen LogP contribution in [-0.2, 0) is 18.1 Å². The summed E-state index contributed by atoms with van der Waals surface area (Å²) >= 11 is 0. The molecular weight excluding hydrogens is 179 g/mol. The van der Waals surface area contributed by atoms with Crippen molar-refractivity contribution in [2.24, 2.45) is 0 Å². The van der Waals surface area contributed by atoms with E-state index in [1.807, 2.05) is 0 Å². The lowest BCUT2D eigenvalue weighted by Crippen LogP contribution is -2.00. The first-order chi connectivity index (χ1) is 5.68. The van der Waals surface area contributed by atoms with Crippen molar-refractivity contribution in [1.82, 2.24) is 0 Å². The maximum Gasteiger partial charge on any atom is 0.474 e. The minimum absolute atomic E-state index is 0.289. The predicted octanol–water partition coefficient (Wildman–Crippen LogP) is 2.41. The first-order valence-corrected chi connectivity index (χ1v) is 5.47. The van der Waals surface area contributed by atoms with E-state index >= 15 is 0 Å². The molecule has 0 heterocycles. The molecule has 0 aliphatic heterocycles. The van der Waals surface area contributed by atoms with Gasteiger partial charge < -0.3 is 0 Å². The third-order valence-corrected chi connectivity index (χ3v) is 2.62. The summed E-state index contributed by atoms with van der Waals surface area (Å²) in [6.45, 7) is 7.94. The van der Waals surface area contributed by atoms with E-state index in [1.54, 1.807) is 13.8 Å². The molecule has 0 saturated carbocycles. The van der Waals surface area contributed by atoms with Crippen molar-refractivity contribution in [1.29, 1.82) is 0 Å². The van der Waals surface area contributed by atoms with E-state index in [2.05, 4.69) is 6.92 Å². The Morgan fingerprint density at radius 3 is 2.00 bits per heavy atom. The Balaban J connectivity index is 3.90. The summed E-state index contributed by atoms with van der Waals surface area (Å²) in [6.07, 6.45) is 0.546. The van der Waals surface area contributed by atoms with Crippen molar-refractivity contribution in [2.45, 2.75) is 20.3 Å². The van der Waals surface area contributed by atoms with Gasteiger partial charge in [0, 0.05) is 0 Å². The van der Waals surface area contributed by atoms with Crippen molar-refractivity contribution in [2.75, 3.05) is 19.8 Å². The van der Waals surface area contributed by atoms with Crippen LogP contribution in [0.1, 0.15) is 20.3 Å². The lowest BCUT2D eigenvalue weighted by molar-refractivity contribution is 0.123. The fourth-order valence-corrected chi connectivity index (χ4v) is 1.81. The third kappa shape index (κ3) is 4.88. The number of hydrogen-bond donors (Lipinski definition) is 0. The van der Waals surface area contributed by atoms with Crippen LogP contribution >= 0.6 is 7.82 Å². The zero-order chi connectivity index (χ0) is 9.45. The standard InChI is InChI=1S/C7H16O4P/c1-4-7-11-12(8,9-5-2)10-6-3/h1,4-7H2,2-3H3. The van der Waals surface area contributed by atoms with E-state index in [0.29, 0.717) is 19.6 Å². The molecule has 0 aromatic rings. The van der Waals surface area contributed by atoms with Crippen LogP contribution in [-0.4, -0.2) is 19.8 Å². The molecule has 0 aliphatic rings. The molecule has 0 amide bonds. The van der Waals surface area contributed by atoms with Gasteiger partial charge in [0.05, 0.1) is 19.8 Å². The fraction of sp³-hybridized carbons (Fsp3) is 0.857. The molecule has 0 aliphatic carbocycles. The molecule has 0 saturated heterocycles. The van der Waals surface area contributed by atoms with Gasteiger partial charge in [0.25, 0.3) is 0 Å². The van der Waals surface area contributed by atoms with Crippen LogP contribution < -0.4 is 0 Å². The third-order valence-electron chi connectivity index (χ3n) is 0.968. The normalized spacial score (nSPS) is 11.9. The second-order valence-electron chi connectivity index (χ2n) is 1.97. The quantitative estimate of drug-likeness (QED) is 0.585. The summed E-state index contributed by atoms with van der Waals surface area (Å²) in [5.74, 6) is 0. The second kappa shape index (κ2) is 6.61. The van der Waals surface area contributed by atoms with Crippen molar-refractivity contribution < 1.29 is 18.1 Å². The van der Waals surface area contributed by atoms with Crippen LogP contribution in [0, 0.1) is 6.92 Å². The van der Waals surface area contributed by atoms with Crippen LogP contribution in [0.15, 0.2) is 0 Å². The maximum atomic E-state index is 11.5. The first-order valence-electron chi connectivity index (χ1n) is 4.01. The largest absolute Gasteiger partial charge is 0.474 e.